The molecule has 1 unspecified atom stereocenters. The molecule has 3 aliphatic carbocycles. The molecule has 0 aromatic heterocycles. The third kappa shape index (κ3) is 3.75. The molecular formula is C33H42O9. The number of ketones is 4. The van der Waals surface area contributed by atoms with Gasteiger partial charge in [0.2, 0.25) is 5.78 Å². The van der Waals surface area contributed by atoms with E-state index in [0.29, 0.717) is 11.1 Å². The minimum absolute atomic E-state index is 0.0943. The number of fused-ring (bicyclic) bond motifs is 3. The fraction of sp³-hybridized carbons (Fsp3) is 0.576. The number of aryl methyl sites for hydroxylation is 1. The summed E-state index contributed by atoms with van der Waals surface area (Å²) in [7, 11) is 0. The van der Waals surface area contributed by atoms with Crippen LogP contribution >= 0.6 is 0 Å². The molecule has 42 heavy (non-hydrogen) atoms. The average Bonchev–Trinajstić information content (AvgIpc) is 2.86. The lowest BCUT2D eigenvalue weighted by molar-refractivity contribution is -0.211. The van der Waals surface area contributed by atoms with Crippen LogP contribution in [0.25, 0.3) is 0 Å². The third-order valence-corrected chi connectivity index (χ3v) is 10.3. The van der Waals surface area contributed by atoms with Crippen molar-refractivity contribution >= 4 is 23.1 Å². The molecule has 0 spiro atoms. The minimum atomic E-state index is -2.94. The average molecular weight is 583 g/mol. The Labute approximate surface area is 246 Å². The Hall–Kier alpha value is -3.30. The van der Waals surface area contributed by atoms with Gasteiger partial charge in [0.1, 0.15) is 28.6 Å². The number of aliphatic hydroxyl groups is 4. The van der Waals surface area contributed by atoms with Gasteiger partial charge in [0, 0.05) is 35.2 Å². The van der Waals surface area contributed by atoms with Crippen molar-refractivity contribution in [1.29, 1.82) is 0 Å². The van der Waals surface area contributed by atoms with Crippen LogP contribution < -0.4 is 0 Å². The SMILES string of the molecule is CC(=O)C1=C(O)C(C(C)C)[C@@]2(C)[C@H](O)[C@]3(C)C(=C(O)[C@@]2(O)C1=O)C(=O)c1c(cc(C)c(CC(=O)CC(C)C)c1O)[C@H]3C. The lowest BCUT2D eigenvalue weighted by atomic mass is 9.41. The number of allylic oxidation sites excluding steroid dienone is 1. The molecule has 9 nitrogen and oxygen atoms in total. The summed E-state index contributed by atoms with van der Waals surface area (Å²) in [4.78, 5) is 53.4. The van der Waals surface area contributed by atoms with Crippen molar-refractivity contribution < 1.29 is 44.7 Å². The van der Waals surface area contributed by atoms with Crippen LogP contribution in [0.15, 0.2) is 28.7 Å². The zero-order chi connectivity index (χ0) is 32.0. The Kier molecular flexibility index (Phi) is 7.44. The topological polar surface area (TPSA) is 169 Å². The fourth-order valence-electron chi connectivity index (χ4n) is 8.13. The first-order valence-electron chi connectivity index (χ1n) is 14.5. The number of Topliss-reactive ketones (excluding diaryl/α,β-unsaturated/α-hetero) is 4. The highest BCUT2D eigenvalue weighted by atomic mass is 16.4. The molecule has 0 saturated heterocycles. The van der Waals surface area contributed by atoms with Crippen LogP contribution in [0.1, 0.15) is 94.8 Å². The summed E-state index contributed by atoms with van der Waals surface area (Å²) in [5.41, 5.74) is -6.58. The Balaban J connectivity index is 2.07. The summed E-state index contributed by atoms with van der Waals surface area (Å²) >= 11 is 0. The van der Waals surface area contributed by atoms with Crippen LogP contribution in [0.5, 0.6) is 5.75 Å². The van der Waals surface area contributed by atoms with Crippen molar-refractivity contribution in [3.05, 3.63) is 51.0 Å². The maximum absolute atomic E-state index is 14.3. The lowest BCUT2D eigenvalue weighted by Crippen LogP contribution is -2.73. The summed E-state index contributed by atoms with van der Waals surface area (Å²) in [6, 6.07) is 1.70. The van der Waals surface area contributed by atoms with E-state index in [4.69, 9.17) is 0 Å². The van der Waals surface area contributed by atoms with Gasteiger partial charge in [0.05, 0.1) is 17.2 Å². The lowest BCUT2D eigenvalue weighted by Gasteiger charge is -2.63. The Morgan fingerprint density at radius 2 is 1.62 bits per heavy atom. The molecule has 6 atom stereocenters. The van der Waals surface area contributed by atoms with E-state index in [-0.39, 0.29) is 35.7 Å². The van der Waals surface area contributed by atoms with Crippen molar-refractivity contribution in [3.8, 4) is 5.75 Å². The van der Waals surface area contributed by atoms with Gasteiger partial charge in [-0.25, -0.2) is 0 Å². The quantitative estimate of drug-likeness (QED) is 0.306. The molecule has 3 aliphatic rings. The van der Waals surface area contributed by atoms with E-state index >= 15 is 0 Å². The number of aliphatic hydroxyl groups excluding tert-OH is 3. The molecule has 0 radical (unpaired) electrons. The van der Waals surface area contributed by atoms with Gasteiger partial charge in [-0.05, 0) is 42.7 Å². The number of hydrogen-bond donors (Lipinski definition) is 5. The number of rotatable bonds is 6. The van der Waals surface area contributed by atoms with Crippen molar-refractivity contribution in [2.45, 2.75) is 92.8 Å². The number of carbonyl (C=O) groups is 4. The number of carbonyl (C=O) groups excluding carboxylic acids is 4. The molecule has 1 aromatic carbocycles. The van der Waals surface area contributed by atoms with Gasteiger partial charge < -0.3 is 25.5 Å². The van der Waals surface area contributed by atoms with E-state index in [1.54, 1.807) is 40.7 Å². The zero-order valence-electron chi connectivity index (χ0n) is 25.7. The van der Waals surface area contributed by atoms with Gasteiger partial charge in [-0.15, -0.1) is 0 Å². The van der Waals surface area contributed by atoms with Crippen LogP contribution in [0.3, 0.4) is 0 Å². The minimum Gasteiger partial charge on any atom is -0.511 e. The summed E-state index contributed by atoms with van der Waals surface area (Å²) in [5, 5.41) is 59.0. The Bertz CT molecular complexity index is 1490. The van der Waals surface area contributed by atoms with Crippen LogP contribution in [0, 0.1) is 35.5 Å². The second kappa shape index (κ2) is 9.88. The van der Waals surface area contributed by atoms with Crippen molar-refractivity contribution in [3.63, 3.8) is 0 Å². The molecule has 0 fully saturated rings. The highest BCUT2D eigenvalue weighted by Crippen LogP contribution is 2.67. The van der Waals surface area contributed by atoms with Crippen LogP contribution in [-0.4, -0.2) is 60.4 Å². The third-order valence-electron chi connectivity index (χ3n) is 10.3. The fourth-order valence-corrected chi connectivity index (χ4v) is 8.13. The largest absolute Gasteiger partial charge is 0.511 e. The number of phenols is 1. The molecule has 1 aromatic rings. The highest BCUT2D eigenvalue weighted by molar-refractivity contribution is 6.25. The van der Waals surface area contributed by atoms with Gasteiger partial charge >= 0.3 is 0 Å². The van der Waals surface area contributed by atoms with E-state index in [9.17, 15) is 44.7 Å². The summed E-state index contributed by atoms with van der Waals surface area (Å²) in [5.74, 6) is -7.50. The van der Waals surface area contributed by atoms with Gasteiger partial charge in [-0.1, -0.05) is 54.5 Å². The maximum Gasteiger partial charge on any atom is 0.209 e. The molecule has 0 bridgehead atoms. The summed E-state index contributed by atoms with van der Waals surface area (Å²) in [6.45, 7) is 14.6. The van der Waals surface area contributed by atoms with Crippen molar-refractivity contribution in [1.82, 2.24) is 0 Å². The number of hydrogen-bond acceptors (Lipinski definition) is 9. The first-order chi connectivity index (χ1) is 19.2. The van der Waals surface area contributed by atoms with Gasteiger partial charge in [0.15, 0.2) is 17.2 Å². The molecule has 0 heterocycles. The van der Waals surface area contributed by atoms with E-state index in [1.165, 1.54) is 6.92 Å². The standard InChI is InChI=1S/C33H42O9/c1-13(2)10-18(35)12-19-15(5)11-20-16(6)31(8)24(27(38)22(20)25(19)36)29(40)33(42)28(39)21(17(7)34)26(37)23(14(3)4)32(33,9)30(31)41/h11,13-14,16,23,30,36-37,40-42H,10,12H2,1-9H3/t16-,23?,30-,31+,32+,33+/m1/s1. The molecule has 0 aliphatic heterocycles. The predicted molar refractivity (Wildman–Crippen MR) is 154 cm³/mol. The van der Waals surface area contributed by atoms with E-state index in [1.807, 2.05) is 13.8 Å². The van der Waals surface area contributed by atoms with Gasteiger partial charge in [0.25, 0.3) is 0 Å². The molecule has 5 N–H and O–H groups in total. The van der Waals surface area contributed by atoms with Crippen molar-refractivity contribution in [2.24, 2.45) is 28.6 Å². The van der Waals surface area contributed by atoms with E-state index < -0.39 is 86.1 Å². The van der Waals surface area contributed by atoms with E-state index in [2.05, 4.69) is 0 Å². The van der Waals surface area contributed by atoms with Crippen LogP contribution in [0.2, 0.25) is 0 Å². The second-order valence-corrected chi connectivity index (χ2v) is 13.6. The number of benzene rings is 1. The summed E-state index contributed by atoms with van der Waals surface area (Å²) in [6.07, 6.45) is -1.52. The normalized spacial score (nSPS) is 32.7. The summed E-state index contributed by atoms with van der Waals surface area (Å²) < 4.78 is 0. The first-order valence-corrected chi connectivity index (χ1v) is 14.5. The van der Waals surface area contributed by atoms with Crippen molar-refractivity contribution in [2.75, 3.05) is 0 Å². The van der Waals surface area contributed by atoms with Crippen LogP contribution in [0.4, 0.5) is 0 Å². The molecule has 9 heteroatoms. The maximum atomic E-state index is 14.3. The van der Waals surface area contributed by atoms with Crippen LogP contribution in [-0.2, 0) is 20.8 Å². The highest BCUT2D eigenvalue weighted by Gasteiger charge is 2.76. The Morgan fingerprint density at radius 1 is 1.05 bits per heavy atom. The monoisotopic (exact) mass is 582 g/mol. The van der Waals surface area contributed by atoms with Gasteiger partial charge in [-0.2, -0.15) is 0 Å². The molecule has 228 valence electrons. The second-order valence-electron chi connectivity index (χ2n) is 13.6. The zero-order valence-corrected chi connectivity index (χ0v) is 25.7. The molecule has 4 rings (SSSR count). The predicted octanol–water partition coefficient (Wildman–Crippen LogP) is 4.34. The molecule has 0 amide bonds. The molecule has 0 saturated carbocycles. The number of phenolic OH excluding ortho intramolecular Hbond substituents is 1. The van der Waals surface area contributed by atoms with Gasteiger partial charge in [-0.3, -0.25) is 19.2 Å². The number of aromatic hydroxyl groups is 1. The molecular weight excluding hydrogens is 540 g/mol. The smallest absolute Gasteiger partial charge is 0.209 e. The van der Waals surface area contributed by atoms with E-state index in [0.717, 1.165) is 6.92 Å². The Morgan fingerprint density at radius 3 is 2.12 bits per heavy atom. The first kappa shape index (κ1) is 31.6.